The Hall–Kier alpha value is -3.88. The number of rotatable bonds is 4. The van der Waals surface area contributed by atoms with Crippen molar-refractivity contribution in [2.45, 2.75) is 50.9 Å². The van der Waals surface area contributed by atoms with Crippen LogP contribution in [0.15, 0.2) is 42.5 Å². The van der Waals surface area contributed by atoms with Gasteiger partial charge in [-0.25, -0.2) is 0 Å². The van der Waals surface area contributed by atoms with Crippen LogP contribution in [0, 0.1) is 13.8 Å². The summed E-state index contributed by atoms with van der Waals surface area (Å²) in [6, 6.07) is 10.2. The lowest BCUT2D eigenvalue weighted by Crippen LogP contribution is -2.52. The van der Waals surface area contributed by atoms with Crippen molar-refractivity contribution in [1.29, 1.82) is 0 Å². The molecule has 3 heterocycles. The van der Waals surface area contributed by atoms with E-state index in [4.69, 9.17) is 4.74 Å². The van der Waals surface area contributed by atoms with Gasteiger partial charge in [0.05, 0.1) is 13.2 Å². The highest BCUT2D eigenvalue weighted by molar-refractivity contribution is 6.01. The molecule has 3 saturated heterocycles. The number of carbonyl (C=O) groups is 4. The van der Waals surface area contributed by atoms with E-state index in [0.717, 1.165) is 11.1 Å². The zero-order valence-corrected chi connectivity index (χ0v) is 20.6. The highest BCUT2D eigenvalue weighted by Gasteiger charge is 2.52. The quantitative estimate of drug-likeness (QED) is 0.674. The molecule has 9 heteroatoms. The van der Waals surface area contributed by atoms with Crippen molar-refractivity contribution in [3.63, 3.8) is 0 Å². The van der Waals surface area contributed by atoms with E-state index in [1.807, 2.05) is 32.0 Å². The third-order valence-corrected chi connectivity index (χ3v) is 7.44. The Balaban J connectivity index is 1.33. The molecule has 0 saturated carbocycles. The highest BCUT2D eigenvalue weighted by atomic mass is 16.5. The van der Waals surface area contributed by atoms with E-state index < -0.39 is 18.1 Å². The predicted molar refractivity (Wildman–Crippen MR) is 132 cm³/mol. The van der Waals surface area contributed by atoms with Gasteiger partial charge in [0.1, 0.15) is 17.8 Å². The Bertz CT molecular complexity index is 1230. The minimum Gasteiger partial charge on any atom is -0.497 e. The highest BCUT2D eigenvalue weighted by Crippen LogP contribution is 2.30. The fraction of sp³-hybridized carbons (Fsp3) is 0.407. The first-order valence-electron chi connectivity index (χ1n) is 12.2. The van der Waals surface area contributed by atoms with E-state index in [1.54, 1.807) is 36.3 Å². The second-order valence-corrected chi connectivity index (χ2v) is 9.81. The second kappa shape index (κ2) is 9.29. The fourth-order valence-corrected chi connectivity index (χ4v) is 5.50. The Labute approximate surface area is 209 Å². The Morgan fingerprint density at radius 3 is 2.56 bits per heavy atom. The summed E-state index contributed by atoms with van der Waals surface area (Å²) in [5.74, 6) is -0.339. The molecular weight excluding hydrogens is 460 g/mol. The maximum absolute atomic E-state index is 13.7. The molecule has 2 aromatic carbocycles. The zero-order chi connectivity index (χ0) is 25.6. The molecule has 3 aliphatic rings. The van der Waals surface area contributed by atoms with Crippen molar-refractivity contribution in [3.05, 3.63) is 64.7 Å². The first-order chi connectivity index (χ1) is 17.3. The number of carbonyl (C=O) groups excluding carboxylic acids is 4. The van der Waals surface area contributed by atoms with E-state index in [9.17, 15) is 19.2 Å². The van der Waals surface area contributed by atoms with Gasteiger partial charge in [-0.3, -0.25) is 19.2 Å². The minimum atomic E-state index is -0.776. The summed E-state index contributed by atoms with van der Waals surface area (Å²) in [7, 11) is 1.55. The molecule has 5 rings (SSSR count). The van der Waals surface area contributed by atoms with Crippen LogP contribution in [0.4, 0.5) is 0 Å². The standard InChI is InChI=1S/C27H30N4O5/c1-15-4-5-16(2)20(12-15)24(32)28-18-13-22-25(33)29-21-10-11-30(23(21)27(35)31(22)14-18)26(34)17-6-8-19(36-3)9-7-17/h4-9,12,18,21-23H,10-11,13-14H2,1-3H3,(H,28,32)(H,29,33). The maximum Gasteiger partial charge on any atom is 0.254 e. The molecule has 3 aliphatic heterocycles. The van der Waals surface area contributed by atoms with E-state index in [2.05, 4.69) is 10.6 Å². The van der Waals surface area contributed by atoms with E-state index in [1.165, 1.54) is 4.90 Å². The first kappa shape index (κ1) is 23.8. The number of nitrogens with one attached hydrogen (secondary N) is 2. The fourth-order valence-electron chi connectivity index (χ4n) is 5.50. The number of ether oxygens (including phenoxy) is 1. The van der Waals surface area contributed by atoms with Gasteiger partial charge in [0.25, 0.3) is 11.8 Å². The third kappa shape index (κ3) is 4.19. The summed E-state index contributed by atoms with van der Waals surface area (Å²) in [4.78, 5) is 56.1. The monoisotopic (exact) mass is 490 g/mol. The summed E-state index contributed by atoms with van der Waals surface area (Å²) >= 11 is 0. The maximum atomic E-state index is 13.7. The van der Waals surface area contributed by atoms with Crippen molar-refractivity contribution in [2.75, 3.05) is 20.2 Å². The Morgan fingerprint density at radius 2 is 1.83 bits per heavy atom. The smallest absolute Gasteiger partial charge is 0.254 e. The van der Waals surface area contributed by atoms with Gasteiger partial charge in [-0.15, -0.1) is 0 Å². The average Bonchev–Trinajstić information content (AvgIpc) is 3.47. The molecule has 0 radical (unpaired) electrons. The molecule has 0 bridgehead atoms. The van der Waals surface area contributed by atoms with Crippen molar-refractivity contribution in [1.82, 2.24) is 20.4 Å². The number of amides is 4. The number of methoxy groups -OCH3 is 1. The molecule has 0 aromatic heterocycles. The zero-order valence-electron chi connectivity index (χ0n) is 20.6. The van der Waals surface area contributed by atoms with E-state index >= 15 is 0 Å². The van der Waals surface area contributed by atoms with Crippen molar-refractivity contribution >= 4 is 23.6 Å². The minimum absolute atomic E-state index is 0.221. The lowest BCUT2D eigenvalue weighted by molar-refractivity contribution is -0.138. The van der Waals surface area contributed by atoms with Crippen LogP contribution >= 0.6 is 0 Å². The van der Waals surface area contributed by atoms with E-state index in [0.29, 0.717) is 36.3 Å². The van der Waals surface area contributed by atoms with Crippen LogP contribution < -0.4 is 15.4 Å². The lowest BCUT2D eigenvalue weighted by atomic mass is 10.0. The summed E-state index contributed by atoms with van der Waals surface area (Å²) in [6.45, 7) is 4.40. The van der Waals surface area contributed by atoms with Gasteiger partial charge in [-0.05, 0) is 62.6 Å². The number of fused-ring (bicyclic) bond motifs is 2. The number of likely N-dealkylation sites (tertiary alicyclic amines) is 1. The molecule has 4 amide bonds. The van der Waals surface area contributed by atoms with E-state index in [-0.39, 0.29) is 36.2 Å². The van der Waals surface area contributed by atoms with Crippen LogP contribution in [0.2, 0.25) is 0 Å². The third-order valence-electron chi connectivity index (χ3n) is 7.44. The van der Waals surface area contributed by atoms with Crippen LogP contribution in [0.5, 0.6) is 5.75 Å². The molecule has 9 nitrogen and oxygen atoms in total. The molecule has 3 fully saturated rings. The van der Waals surface area contributed by atoms with Gasteiger partial charge < -0.3 is 25.2 Å². The summed E-state index contributed by atoms with van der Waals surface area (Å²) < 4.78 is 5.17. The molecule has 4 atom stereocenters. The predicted octanol–water partition coefficient (Wildman–Crippen LogP) is 1.42. The number of hydrogen-bond acceptors (Lipinski definition) is 5. The van der Waals surface area contributed by atoms with Gasteiger partial charge in [-0.1, -0.05) is 17.7 Å². The number of aryl methyl sites for hydroxylation is 2. The Kier molecular flexibility index (Phi) is 6.15. The topological polar surface area (TPSA) is 108 Å². The van der Waals surface area contributed by atoms with Gasteiger partial charge in [0, 0.05) is 30.3 Å². The van der Waals surface area contributed by atoms with Gasteiger partial charge in [-0.2, -0.15) is 0 Å². The van der Waals surface area contributed by atoms with Crippen molar-refractivity contribution in [2.24, 2.45) is 0 Å². The molecular formula is C27H30N4O5. The Morgan fingerprint density at radius 1 is 1.08 bits per heavy atom. The first-order valence-corrected chi connectivity index (χ1v) is 12.2. The SMILES string of the molecule is COc1ccc(C(=O)N2CCC3NC(=O)C4CC(NC(=O)c5cc(C)ccc5C)CN4C(=O)C32)cc1. The lowest BCUT2D eigenvalue weighted by Gasteiger charge is -2.29. The molecule has 0 spiro atoms. The number of nitrogens with zero attached hydrogens (tertiary/aromatic N) is 2. The van der Waals surface area contributed by atoms with Gasteiger partial charge >= 0.3 is 0 Å². The molecule has 188 valence electrons. The molecule has 2 N–H and O–H groups in total. The van der Waals surface area contributed by atoms with Crippen LogP contribution in [0.3, 0.4) is 0 Å². The molecule has 2 aromatic rings. The van der Waals surface area contributed by atoms with Gasteiger partial charge in [0.2, 0.25) is 11.8 Å². The van der Waals surface area contributed by atoms with Crippen LogP contribution in [-0.2, 0) is 9.59 Å². The number of benzene rings is 2. The van der Waals surface area contributed by atoms with Crippen molar-refractivity contribution < 1.29 is 23.9 Å². The summed E-state index contributed by atoms with van der Waals surface area (Å²) in [5, 5.41) is 6.00. The summed E-state index contributed by atoms with van der Waals surface area (Å²) in [5.41, 5.74) is 2.88. The molecule has 36 heavy (non-hydrogen) atoms. The van der Waals surface area contributed by atoms with Gasteiger partial charge in [0.15, 0.2) is 0 Å². The normalized spacial score (nSPS) is 25.1. The van der Waals surface area contributed by atoms with Crippen LogP contribution in [0.25, 0.3) is 0 Å². The second-order valence-electron chi connectivity index (χ2n) is 9.81. The van der Waals surface area contributed by atoms with Crippen LogP contribution in [-0.4, -0.2) is 77.8 Å². The average molecular weight is 491 g/mol. The number of hydrogen-bond donors (Lipinski definition) is 2. The van der Waals surface area contributed by atoms with Crippen molar-refractivity contribution in [3.8, 4) is 5.75 Å². The molecule has 0 aliphatic carbocycles. The molecule has 4 unspecified atom stereocenters. The van der Waals surface area contributed by atoms with Crippen LogP contribution in [0.1, 0.15) is 44.7 Å². The largest absolute Gasteiger partial charge is 0.497 e. The summed E-state index contributed by atoms with van der Waals surface area (Å²) in [6.07, 6.45) is 0.845.